The summed E-state index contributed by atoms with van der Waals surface area (Å²) in [6, 6.07) is 1.43. The Hall–Kier alpha value is -2.51. The van der Waals surface area contributed by atoms with Gasteiger partial charge in [0.1, 0.15) is 12.4 Å². The average Bonchev–Trinajstić information content (AvgIpc) is 2.87. The van der Waals surface area contributed by atoms with E-state index in [1.807, 2.05) is 13.0 Å². The monoisotopic (exact) mass is 317 g/mol. The first-order valence-electron chi connectivity index (χ1n) is 7.70. The molecule has 0 unspecified atom stereocenters. The lowest BCUT2D eigenvalue weighted by Crippen LogP contribution is -2.45. The standard InChI is InChI=1S/C15H19N5O3/c1-10-16-5-2-12(18-10)11-3-6-19(7-4-11)14(22)9-20-13(21)8-17-15(20)23/h2,5,11H,3-4,6-9H2,1H3,(H,17,23). The molecule has 8 nitrogen and oxygen atoms in total. The molecule has 3 heterocycles. The van der Waals surface area contributed by atoms with Gasteiger partial charge in [-0.2, -0.15) is 0 Å². The van der Waals surface area contributed by atoms with Crippen molar-refractivity contribution in [3.63, 3.8) is 0 Å². The van der Waals surface area contributed by atoms with Crippen molar-refractivity contribution in [3.8, 4) is 0 Å². The Balaban J connectivity index is 1.55. The molecule has 4 amide bonds. The van der Waals surface area contributed by atoms with Gasteiger partial charge in [0.25, 0.3) is 5.91 Å². The first-order valence-corrected chi connectivity index (χ1v) is 7.70. The number of nitrogens with zero attached hydrogens (tertiary/aromatic N) is 4. The number of rotatable bonds is 3. The molecular formula is C15H19N5O3. The van der Waals surface area contributed by atoms with E-state index < -0.39 is 6.03 Å². The Morgan fingerprint density at radius 3 is 2.70 bits per heavy atom. The summed E-state index contributed by atoms with van der Waals surface area (Å²) in [7, 11) is 0. The fraction of sp³-hybridized carbons (Fsp3) is 0.533. The van der Waals surface area contributed by atoms with E-state index in [4.69, 9.17) is 0 Å². The summed E-state index contributed by atoms with van der Waals surface area (Å²) in [5.74, 6) is 0.527. The van der Waals surface area contributed by atoms with Crippen LogP contribution in [0.4, 0.5) is 4.79 Å². The number of aryl methyl sites for hydroxylation is 1. The Kier molecular flexibility index (Phi) is 4.22. The van der Waals surface area contributed by atoms with Crippen molar-refractivity contribution in [2.24, 2.45) is 0 Å². The summed E-state index contributed by atoms with van der Waals surface area (Å²) in [4.78, 5) is 46.5. The number of nitrogens with one attached hydrogen (secondary N) is 1. The molecule has 3 rings (SSSR count). The molecule has 0 saturated carbocycles. The first-order chi connectivity index (χ1) is 11.0. The minimum atomic E-state index is -0.491. The van der Waals surface area contributed by atoms with Gasteiger partial charge in [0.05, 0.1) is 6.54 Å². The maximum absolute atomic E-state index is 12.3. The van der Waals surface area contributed by atoms with E-state index in [1.165, 1.54) is 0 Å². The van der Waals surface area contributed by atoms with Crippen LogP contribution in [0.1, 0.15) is 30.3 Å². The molecule has 122 valence electrons. The van der Waals surface area contributed by atoms with Crippen LogP contribution in [0.25, 0.3) is 0 Å². The summed E-state index contributed by atoms with van der Waals surface area (Å²) in [6.45, 7) is 2.87. The van der Waals surface area contributed by atoms with E-state index in [1.54, 1.807) is 11.1 Å². The van der Waals surface area contributed by atoms with Crippen molar-refractivity contribution in [3.05, 3.63) is 23.8 Å². The number of piperidine rings is 1. The predicted octanol–water partition coefficient (Wildman–Crippen LogP) is 0.0428. The highest BCUT2D eigenvalue weighted by Gasteiger charge is 2.32. The van der Waals surface area contributed by atoms with Crippen LogP contribution in [0.3, 0.4) is 0 Å². The second-order valence-corrected chi connectivity index (χ2v) is 5.82. The van der Waals surface area contributed by atoms with Crippen LogP contribution in [0.5, 0.6) is 0 Å². The van der Waals surface area contributed by atoms with Crippen molar-refractivity contribution in [2.75, 3.05) is 26.2 Å². The third-order valence-corrected chi connectivity index (χ3v) is 4.29. The normalized spacial score (nSPS) is 19.2. The van der Waals surface area contributed by atoms with Crippen molar-refractivity contribution in [1.82, 2.24) is 25.1 Å². The van der Waals surface area contributed by atoms with Crippen LogP contribution in [-0.4, -0.2) is 63.8 Å². The van der Waals surface area contributed by atoms with Gasteiger partial charge >= 0.3 is 6.03 Å². The van der Waals surface area contributed by atoms with Gasteiger partial charge in [-0.15, -0.1) is 0 Å². The van der Waals surface area contributed by atoms with Crippen LogP contribution in [0.2, 0.25) is 0 Å². The molecule has 2 aliphatic heterocycles. The largest absolute Gasteiger partial charge is 0.341 e. The smallest absolute Gasteiger partial charge is 0.325 e. The average molecular weight is 317 g/mol. The summed E-state index contributed by atoms with van der Waals surface area (Å²) in [5, 5.41) is 2.41. The Labute approximate surface area is 133 Å². The predicted molar refractivity (Wildman–Crippen MR) is 80.4 cm³/mol. The topological polar surface area (TPSA) is 95.5 Å². The third-order valence-electron chi connectivity index (χ3n) is 4.29. The molecule has 1 aromatic heterocycles. The van der Waals surface area contributed by atoms with Gasteiger partial charge in [-0.1, -0.05) is 0 Å². The third kappa shape index (κ3) is 3.30. The van der Waals surface area contributed by atoms with Gasteiger partial charge in [-0.3, -0.25) is 14.5 Å². The van der Waals surface area contributed by atoms with E-state index in [0.29, 0.717) is 19.0 Å². The molecule has 2 aliphatic rings. The molecule has 0 radical (unpaired) electrons. The Bertz CT molecular complexity index is 624. The molecule has 0 spiro atoms. The van der Waals surface area contributed by atoms with E-state index in [2.05, 4.69) is 15.3 Å². The van der Waals surface area contributed by atoms with Crippen LogP contribution >= 0.6 is 0 Å². The maximum Gasteiger partial charge on any atom is 0.325 e. The SMILES string of the molecule is Cc1nccc(C2CCN(C(=O)CN3C(=O)CNC3=O)CC2)n1. The molecule has 1 aromatic rings. The zero-order valence-corrected chi connectivity index (χ0v) is 13.0. The molecule has 0 aliphatic carbocycles. The van der Waals surface area contributed by atoms with E-state index in [9.17, 15) is 14.4 Å². The molecule has 0 aromatic carbocycles. The second-order valence-electron chi connectivity index (χ2n) is 5.82. The molecular weight excluding hydrogens is 298 g/mol. The van der Waals surface area contributed by atoms with Gasteiger partial charge in [0, 0.05) is 30.9 Å². The van der Waals surface area contributed by atoms with Crippen LogP contribution < -0.4 is 5.32 Å². The summed E-state index contributed by atoms with van der Waals surface area (Å²) < 4.78 is 0. The van der Waals surface area contributed by atoms with Crippen molar-refractivity contribution < 1.29 is 14.4 Å². The van der Waals surface area contributed by atoms with Crippen molar-refractivity contribution in [2.45, 2.75) is 25.7 Å². The van der Waals surface area contributed by atoms with Crippen LogP contribution in [0.15, 0.2) is 12.3 Å². The van der Waals surface area contributed by atoms with Crippen molar-refractivity contribution >= 4 is 17.8 Å². The highest BCUT2D eigenvalue weighted by molar-refractivity contribution is 6.04. The number of imide groups is 1. The second kappa shape index (κ2) is 6.31. The van der Waals surface area contributed by atoms with Crippen LogP contribution in [-0.2, 0) is 9.59 Å². The quantitative estimate of drug-likeness (QED) is 0.794. The number of hydrogen-bond acceptors (Lipinski definition) is 5. The summed E-state index contributed by atoms with van der Waals surface area (Å²) >= 11 is 0. The molecule has 2 fully saturated rings. The molecule has 8 heteroatoms. The zero-order chi connectivity index (χ0) is 16.4. The number of carbonyl (C=O) groups is 3. The Morgan fingerprint density at radius 2 is 2.09 bits per heavy atom. The lowest BCUT2D eigenvalue weighted by Gasteiger charge is -2.32. The molecule has 0 bridgehead atoms. The van der Waals surface area contributed by atoms with Gasteiger partial charge in [-0.25, -0.2) is 14.8 Å². The van der Waals surface area contributed by atoms with Gasteiger partial charge in [-0.05, 0) is 25.8 Å². The molecule has 23 heavy (non-hydrogen) atoms. The first kappa shape index (κ1) is 15.4. The lowest BCUT2D eigenvalue weighted by atomic mass is 9.93. The molecule has 0 atom stereocenters. The highest BCUT2D eigenvalue weighted by Crippen LogP contribution is 2.26. The lowest BCUT2D eigenvalue weighted by molar-refractivity contribution is -0.137. The number of hydrogen-bond donors (Lipinski definition) is 1. The number of amides is 4. The van der Waals surface area contributed by atoms with Gasteiger partial charge in [0.2, 0.25) is 5.91 Å². The van der Waals surface area contributed by atoms with E-state index in [0.717, 1.165) is 29.3 Å². The minimum Gasteiger partial charge on any atom is -0.341 e. The van der Waals surface area contributed by atoms with E-state index >= 15 is 0 Å². The fourth-order valence-corrected chi connectivity index (χ4v) is 2.98. The van der Waals surface area contributed by atoms with Crippen LogP contribution in [0, 0.1) is 6.92 Å². The fourth-order valence-electron chi connectivity index (χ4n) is 2.98. The summed E-state index contributed by atoms with van der Waals surface area (Å²) in [6.07, 6.45) is 3.40. The Morgan fingerprint density at radius 1 is 1.35 bits per heavy atom. The highest BCUT2D eigenvalue weighted by atomic mass is 16.2. The van der Waals surface area contributed by atoms with Gasteiger partial charge < -0.3 is 10.2 Å². The van der Waals surface area contributed by atoms with Crippen molar-refractivity contribution in [1.29, 1.82) is 0 Å². The number of carbonyl (C=O) groups excluding carboxylic acids is 3. The maximum atomic E-state index is 12.3. The molecule has 2 saturated heterocycles. The number of urea groups is 1. The summed E-state index contributed by atoms with van der Waals surface area (Å²) in [5.41, 5.74) is 1.01. The minimum absolute atomic E-state index is 0.0265. The number of likely N-dealkylation sites (tertiary alicyclic amines) is 1. The zero-order valence-electron chi connectivity index (χ0n) is 13.0. The van der Waals surface area contributed by atoms with Gasteiger partial charge in [0.15, 0.2) is 0 Å². The molecule has 1 N–H and O–H groups in total. The van der Waals surface area contributed by atoms with E-state index in [-0.39, 0.29) is 24.9 Å². The number of aromatic nitrogens is 2.